The van der Waals surface area contributed by atoms with E-state index in [1.54, 1.807) is 0 Å². The maximum atomic E-state index is 6.42. The Bertz CT molecular complexity index is 728. The normalized spacial score (nSPS) is 12.2. The predicted octanol–water partition coefficient (Wildman–Crippen LogP) is 7.03. The molecule has 0 saturated heterocycles. The van der Waals surface area contributed by atoms with Gasteiger partial charge in [-0.1, -0.05) is 54.9 Å². The van der Waals surface area contributed by atoms with Gasteiger partial charge in [-0.05, 0) is 61.3 Å². The first-order valence-electron chi connectivity index (χ1n) is 8.68. The Hall–Kier alpha value is -1.26. The van der Waals surface area contributed by atoms with Crippen molar-refractivity contribution in [1.82, 2.24) is 0 Å². The molecule has 0 heterocycles. The van der Waals surface area contributed by atoms with Crippen LogP contribution >= 0.6 is 15.9 Å². The van der Waals surface area contributed by atoms with Crippen molar-refractivity contribution < 1.29 is 9.16 Å². The van der Waals surface area contributed by atoms with Crippen molar-refractivity contribution in [3.8, 4) is 11.5 Å². The Morgan fingerprint density at radius 2 is 1.60 bits per heavy atom. The highest BCUT2D eigenvalue weighted by molar-refractivity contribution is 9.10. The fourth-order valence-corrected chi connectivity index (χ4v) is 3.73. The molecular weight excluding hydrogens is 392 g/mol. The highest BCUT2D eigenvalue weighted by Gasteiger charge is 2.39. The standard InChI is InChI=1S/C21H29BrO2Si/c1-15-9-8-10-16(2)20(15)23-14-17-13-18(11-12-19(17)22)24-25(6,7)21(3,4)5/h8-13H,14H2,1-7H3. The van der Waals surface area contributed by atoms with E-state index in [0.29, 0.717) is 6.61 Å². The van der Waals surface area contributed by atoms with Crippen LogP contribution < -0.4 is 9.16 Å². The van der Waals surface area contributed by atoms with Crippen LogP contribution in [0.15, 0.2) is 40.9 Å². The molecule has 0 radical (unpaired) electrons. The van der Waals surface area contributed by atoms with Crippen LogP contribution in [0.1, 0.15) is 37.5 Å². The number of para-hydroxylation sites is 1. The van der Waals surface area contributed by atoms with E-state index in [4.69, 9.17) is 9.16 Å². The molecule has 136 valence electrons. The summed E-state index contributed by atoms with van der Waals surface area (Å²) in [5, 5.41) is 0.176. The Kier molecular flexibility index (Phi) is 6.05. The lowest BCUT2D eigenvalue weighted by Gasteiger charge is -2.36. The fourth-order valence-electron chi connectivity index (χ4n) is 2.35. The second-order valence-electron chi connectivity index (χ2n) is 8.13. The van der Waals surface area contributed by atoms with Crippen LogP contribution in [-0.4, -0.2) is 8.32 Å². The Morgan fingerprint density at radius 1 is 1.00 bits per heavy atom. The van der Waals surface area contributed by atoms with Crippen LogP contribution in [0.4, 0.5) is 0 Å². The number of benzene rings is 2. The Balaban J connectivity index is 2.20. The maximum Gasteiger partial charge on any atom is 0.250 e. The summed E-state index contributed by atoms with van der Waals surface area (Å²) in [5.74, 6) is 1.89. The zero-order chi connectivity index (χ0) is 18.8. The van der Waals surface area contributed by atoms with Crippen molar-refractivity contribution >= 4 is 24.2 Å². The Labute approximate surface area is 161 Å². The SMILES string of the molecule is Cc1cccc(C)c1OCc1cc(O[Si](C)(C)C(C)(C)C)ccc1Br. The van der Waals surface area contributed by atoms with Crippen LogP contribution in [0.25, 0.3) is 0 Å². The maximum absolute atomic E-state index is 6.42. The number of hydrogen-bond donors (Lipinski definition) is 0. The van der Waals surface area contributed by atoms with Gasteiger partial charge in [0.2, 0.25) is 8.32 Å². The fraction of sp³-hybridized carbons (Fsp3) is 0.429. The summed E-state index contributed by atoms with van der Waals surface area (Å²) in [6.07, 6.45) is 0. The lowest BCUT2D eigenvalue weighted by Crippen LogP contribution is -2.43. The van der Waals surface area contributed by atoms with Gasteiger partial charge >= 0.3 is 0 Å². The van der Waals surface area contributed by atoms with Gasteiger partial charge < -0.3 is 9.16 Å². The number of rotatable bonds is 5. The van der Waals surface area contributed by atoms with Gasteiger partial charge in [-0.2, -0.15) is 0 Å². The van der Waals surface area contributed by atoms with Crippen LogP contribution in [0, 0.1) is 13.8 Å². The minimum absolute atomic E-state index is 0.176. The second-order valence-corrected chi connectivity index (χ2v) is 13.7. The summed E-state index contributed by atoms with van der Waals surface area (Å²) in [7, 11) is -1.85. The van der Waals surface area contributed by atoms with Gasteiger partial charge in [0.1, 0.15) is 18.1 Å². The van der Waals surface area contributed by atoms with Gasteiger partial charge in [0.05, 0.1) is 0 Å². The van der Waals surface area contributed by atoms with Gasteiger partial charge in [-0.15, -0.1) is 0 Å². The average molecular weight is 421 g/mol. The van der Waals surface area contributed by atoms with E-state index >= 15 is 0 Å². The van der Waals surface area contributed by atoms with Crippen LogP contribution in [0.2, 0.25) is 18.1 Å². The van der Waals surface area contributed by atoms with Crippen molar-refractivity contribution in [3.63, 3.8) is 0 Å². The summed E-state index contributed by atoms with van der Waals surface area (Å²) in [6.45, 7) is 16.0. The van der Waals surface area contributed by atoms with E-state index in [-0.39, 0.29) is 5.04 Å². The molecule has 0 aliphatic heterocycles. The van der Waals surface area contributed by atoms with E-state index < -0.39 is 8.32 Å². The van der Waals surface area contributed by atoms with E-state index in [1.165, 1.54) is 0 Å². The summed E-state index contributed by atoms with van der Waals surface area (Å²) in [4.78, 5) is 0. The number of ether oxygens (including phenoxy) is 1. The van der Waals surface area contributed by atoms with E-state index in [1.807, 2.05) is 12.1 Å². The Morgan fingerprint density at radius 3 is 2.16 bits per heavy atom. The minimum Gasteiger partial charge on any atom is -0.543 e. The van der Waals surface area contributed by atoms with Gasteiger partial charge in [0.15, 0.2) is 0 Å². The van der Waals surface area contributed by atoms with Gasteiger partial charge in [-0.25, -0.2) is 0 Å². The molecule has 0 aliphatic carbocycles. The molecular formula is C21H29BrO2Si. The highest BCUT2D eigenvalue weighted by atomic mass is 79.9. The van der Waals surface area contributed by atoms with Crippen molar-refractivity contribution in [2.45, 2.75) is 59.4 Å². The minimum atomic E-state index is -1.85. The second kappa shape index (κ2) is 7.54. The molecule has 0 unspecified atom stereocenters. The molecule has 0 N–H and O–H groups in total. The third-order valence-electron chi connectivity index (χ3n) is 4.98. The molecule has 0 fully saturated rings. The molecule has 0 saturated carbocycles. The number of aryl methyl sites for hydroxylation is 2. The first-order chi connectivity index (χ1) is 11.5. The first kappa shape index (κ1) is 20.1. The summed E-state index contributed by atoms with van der Waals surface area (Å²) >= 11 is 3.64. The summed E-state index contributed by atoms with van der Waals surface area (Å²) < 4.78 is 13.6. The number of halogens is 1. The van der Waals surface area contributed by atoms with Crippen LogP contribution in [0.3, 0.4) is 0 Å². The van der Waals surface area contributed by atoms with E-state index in [0.717, 1.165) is 32.7 Å². The lowest BCUT2D eigenvalue weighted by atomic mass is 10.1. The lowest BCUT2D eigenvalue weighted by molar-refractivity contribution is 0.301. The topological polar surface area (TPSA) is 18.5 Å². The van der Waals surface area contributed by atoms with E-state index in [2.05, 4.69) is 87.9 Å². The third-order valence-corrected chi connectivity index (χ3v) is 10.1. The summed E-state index contributed by atoms with van der Waals surface area (Å²) in [5.41, 5.74) is 3.41. The third kappa shape index (κ3) is 4.89. The molecule has 2 aromatic carbocycles. The quantitative estimate of drug-likeness (QED) is 0.483. The molecule has 0 spiro atoms. The molecule has 2 nitrogen and oxygen atoms in total. The largest absolute Gasteiger partial charge is 0.543 e. The summed E-state index contributed by atoms with van der Waals surface area (Å²) in [6, 6.07) is 12.4. The van der Waals surface area contributed by atoms with Crippen molar-refractivity contribution in [1.29, 1.82) is 0 Å². The molecule has 2 rings (SSSR count). The van der Waals surface area contributed by atoms with Crippen molar-refractivity contribution in [3.05, 3.63) is 57.6 Å². The molecule has 0 bridgehead atoms. The average Bonchev–Trinajstić information content (AvgIpc) is 2.48. The smallest absolute Gasteiger partial charge is 0.250 e. The molecule has 25 heavy (non-hydrogen) atoms. The molecule has 0 atom stereocenters. The zero-order valence-electron chi connectivity index (χ0n) is 16.4. The van der Waals surface area contributed by atoms with Crippen LogP contribution in [-0.2, 0) is 6.61 Å². The molecule has 2 aromatic rings. The molecule has 0 amide bonds. The highest BCUT2D eigenvalue weighted by Crippen LogP contribution is 2.38. The van der Waals surface area contributed by atoms with Crippen molar-refractivity contribution in [2.24, 2.45) is 0 Å². The van der Waals surface area contributed by atoms with E-state index in [9.17, 15) is 0 Å². The molecule has 0 aromatic heterocycles. The first-order valence-corrected chi connectivity index (χ1v) is 12.4. The van der Waals surface area contributed by atoms with Gasteiger partial charge in [0, 0.05) is 10.0 Å². The zero-order valence-corrected chi connectivity index (χ0v) is 19.0. The van der Waals surface area contributed by atoms with Crippen LogP contribution in [0.5, 0.6) is 11.5 Å². The molecule has 0 aliphatic rings. The molecule has 4 heteroatoms. The van der Waals surface area contributed by atoms with Crippen molar-refractivity contribution in [2.75, 3.05) is 0 Å². The van der Waals surface area contributed by atoms with Gasteiger partial charge in [-0.3, -0.25) is 0 Å². The predicted molar refractivity (Wildman–Crippen MR) is 112 cm³/mol. The van der Waals surface area contributed by atoms with Gasteiger partial charge in [0.25, 0.3) is 0 Å². The number of hydrogen-bond acceptors (Lipinski definition) is 2. The monoisotopic (exact) mass is 420 g/mol.